The molecule has 0 amide bonds. The number of hydrogen-bond acceptors (Lipinski definition) is 2. The van der Waals surface area contributed by atoms with E-state index in [0.717, 1.165) is 32.1 Å². The van der Waals surface area contributed by atoms with Gasteiger partial charge in [0, 0.05) is 12.3 Å². The summed E-state index contributed by atoms with van der Waals surface area (Å²) in [6.45, 7) is 2.11. The van der Waals surface area contributed by atoms with Gasteiger partial charge in [-0.05, 0) is 25.2 Å². The Hall–Kier alpha value is -0.370. The molecule has 0 unspecified atom stereocenters. The van der Waals surface area contributed by atoms with Crippen molar-refractivity contribution in [3.05, 3.63) is 0 Å². The lowest BCUT2D eigenvalue weighted by Crippen LogP contribution is -2.48. The number of aliphatic hydroxyl groups is 1. The van der Waals surface area contributed by atoms with Gasteiger partial charge in [0.05, 0.1) is 5.60 Å². The first kappa shape index (κ1) is 14.0. The summed E-state index contributed by atoms with van der Waals surface area (Å²) in [7, 11) is 0. The van der Waals surface area contributed by atoms with Crippen molar-refractivity contribution in [2.75, 3.05) is 0 Å². The Labute approximate surface area is 111 Å². The molecule has 0 aliphatic heterocycles. The van der Waals surface area contributed by atoms with Gasteiger partial charge in [-0.15, -0.1) is 0 Å². The van der Waals surface area contributed by atoms with E-state index in [9.17, 15) is 9.90 Å². The van der Waals surface area contributed by atoms with Crippen molar-refractivity contribution in [2.45, 2.75) is 83.2 Å². The Morgan fingerprint density at radius 2 is 1.67 bits per heavy atom. The number of Topliss-reactive ketones (excluding diaryl/α,β-unsaturated/α-hetero) is 1. The number of carbonyl (C=O) groups is 1. The minimum absolute atomic E-state index is 0.0631. The summed E-state index contributed by atoms with van der Waals surface area (Å²) in [6, 6.07) is 0. The van der Waals surface area contributed by atoms with E-state index in [-0.39, 0.29) is 5.92 Å². The summed E-state index contributed by atoms with van der Waals surface area (Å²) in [5, 5.41) is 10.9. The third-order valence-corrected chi connectivity index (χ3v) is 4.89. The van der Waals surface area contributed by atoms with Crippen molar-refractivity contribution in [2.24, 2.45) is 11.8 Å². The van der Waals surface area contributed by atoms with Crippen molar-refractivity contribution < 1.29 is 9.90 Å². The Bertz CT molecular complexity index is 287. The largest absolute Gasteiger partial charge is 0.389 e. The van der Waals surface area contributed by atoms with Crippen LogP contribution in [0.3, 0.4) is 0 Å². The van der Waals surface area contributed by atoms with Crippen LogP contribution in [0.5, 0.6) is 0 Å². The lowest BCUT2D eigenvalue weighted by atomic mass is 9.67. The minimum atomic E-state index is -0.681. The average Bonchev–Trinajstić information content (AvgIpc) is 2.32. The van der Waals surface area contributed by atoms with Crippen LogP contribution in [0.4, 0.5) is 0 Å². The van der Waals surface area contributed by atoms with E-state index >= 15 is 0 Å². The van der Waals surface area contributed by atoms with E-state index in [2.05, 4.69) is 6.92 Å². The molecular weight excluding hydrogens is 224 g/mol. The lowest BCUT2D eigenvalue weighted by molar-refractivity contribution is -0.143. The number of carbonyl (C=O) groups excluding carboxylic acids is 1. The molecule has 2 aliphatic rings. The number of rotatable bonds is 0. The lowest BCUT2D eigenvalue weighted by Gasteiger charge is -2.42. The molecule has 0 heterocycles. The van der Waals surface area contributed by atoms with Crippen LogP contribution >= 0.6 is 0 Å². The molecule has 2 rings (SSSR count). The Morgan fingerprint density at radius 3 is 2.39 bits per heavy atom. The fourth-order valence-electron chi connectivity index (χ4n) is 3.97. The highest BCUT2D eigenvalue weighted by molar-refractivity contribution is 5.83. The first-order chi connectivity index (χ1) is 8.62. The second-order valence-electron chi connectivity index (χ2n) is 6.65. The maximum Gasteiger partial charge on any atom is 0.139 e. The zero-order valence-electron chi connectivity index (χ0n) is 11.8. The van der Waals surface area contributed by atoms with Crippen molar-refractivity contribution in [3.63, 3.8) is 0 Å². The molecule has 2 heteroatoms. The summed E-state index contributed by atoms with van der Waals surface area (Å²) in [5.41, 5.74) is -0.681. The molecular formula is C16H28O2. The fraction of sp³-hybridized carbons (Fsp3) is 0.938. The first-order valence-corrected chi connectivity index (χ1v) is 7.87. The van der Waals surface area contributed by atoms with Gasteiger partial charge in [-0.3, -0.25) is 4.79 Å². The van der Waals surface area contributed by atoms with Crippen LogP contribution in [0.1, 0.15) is 77.6 Å². The predicted octanol–water partition coefficient (Wildman–Crippen LogP) is 3.86. The van der Waals surface area contributed by atoms with Gasteiger partial charge in [-0.1, -0.05) is 51.9 Å². The summed E-state index contributed by atoms with van der Waals surface area (Å²) in [6.07, 6.45) is 11.9. The van der Waals surface area contributed by atoms with Crippen LogP contribution in [0.2, 0.25) is 0 Å². The molecule has 0 saturated heterocycles. The molecule has 0 aromatic rings. The van der Waals surface area contributed by atoms with Gasteiger partial charge in [-0.25, -0.2) is 0 Å². The molecule has 0 spiro atoms. The minimum Gasteiger partial charge on any atom is -0.389 e. The predicted molar refractivity (Wildman–Crippen MR) is 73.4 cm³/mol. The molecule has 0 aromatic heterocycles. The highest BCUT2D eigenvalue weighted by atomic mass is 16.3. The molecule has 18 heavy (non-hydrogen) atoms. The zero-order chi connectivity index (χ0) is 13.0. The van der Waals surface area contributed by atoms with Crippen LogP contribution in [0.15, 0.2) is 0 Å². The SMILES string of the molecule is C[C@H]1CC(=O)[C@@H]2CCCCCCCCC[C@@]2(O)C1. The summed E-state index contributed by atoms with van der Waals surface area (Å²) < 4.78 is 0. The van der Waals surface area contributed by atoms with Crippen LogP contribution < -0.4 is 0 Å². The van der Waals surface area contributed by atoms with E-state index in [0.29, 0.717) is 18.1 Å². The smallest absolute Gasteiger partial charge is 0.139 e. The molecule has 2 fully saturated rings. The van der Waals surface area contributed by atoms with Crippen molar-refractivity contribution in [1.82, 2.24) is 0 Å². The van der Waals surface area contributed by atoms with Gasteiger partial charge in [0.1, 0.15) is 5.78 Å². The topological polar surface area (TPSA) is 37.3 Å². The van der Waals surface area contributed by atoms with Crippen molar-refractivity contribution in [1.29, 1.82) is 0 Å². The second-order valence-corrected chi connectivity index (χ2v) is 6.65. The Morgan fingerprint density at radius 1 is 1.06 bits per heavy atom. The maximum absolute atomic E-state index is 12.2. The van der Waals surface area contributed by atoms with E-state index in [1.807, 2.05) is 0 Å². The fourth-order valence-corrected chi connectivity index (χ4v) is 3.97. The average molecular weight is 252 g/mol. The van der Waals surface area contributed by atoms with Crippen LogP contribution in [-0.2, 0) is 4.79 Å². The quantitative estimate of drug-likeness (QED) is 0.711. The maximum atomic E-state index is 12.2. The Kier molecular flexibility index (Phi) is 4.83. The van der Waals surface area contributed by atoms with Gasteiger partial charge in [-0.2, -0.15) is 0 Å². The molecule has 0 radical (unpaired) electrons. The molecule has 1 N–H and O–H groups in total. The van der Waals surface area contributed by atoms with Gasteiger partial charge < -0.3 is 5.11 Å². The highest BCUT2D eigenvalue weighted by Gasteiger charge is 2.45. The molecule has 2 nitrogen and oxygen atoms in total. The second kappa shape index (κ2) is 6.18. The van der Waals surface area contributed by atoms with Gasteiger partial charge in [0.25, 0.3) is 0 Å². The van der Waals surface area contributed by atoms with E-state index in [4.69, 9.17) is 0 Å². The zero-order valence-corrected chi connectivity index (χ0v) is 11.8. The van der Waals surface area contributed by atoms with Gasteiger partial charge in [0.15, 0.2) is 0 Å². The standard InChI is InChI=1S/C16H28O2/c1-13-11-15(17)14-9-7-5-3-2-4-6-8-10-16(14,18)12-13/h13-14,18H,2-12H2,1H3/t13-,14-,16+/m0/s1. The monoisotopic (exact) mass is 252 g/mol. The molecule has 3 atom stereocenters. The molecule has 0 aromatic carbocycles. The van der Waals surface area contributed by atoms with E-state index in [1.54, 1.807) is 0 Å². The third kappa shape index (κ3) is 3.34. The normalized spacial score (nSPS) is 39.8. The van der Waals surface area contributed by atoms with Crippen molar-refractivity contribution in [3.8, 4) is 0 Å². The van der Waals surface area contributed by atoms with Gasteiger partial charge in [0.2, 0.25) is 0 Å². The summed E-state index contributed by atoms with van der Waals surface area (Å²) in [5.74, 6) is 0.631. The molecule has 0 bridgehead atoms. The van der Waals surface area contributed by atoms with Crippen LogP contribution in [0.25, 0.3) is 0 Å². The highest BCUT2D eigenvalue weighted by Crippen LogP contribution is 2.41. The molecule has 2 aliphatic carbocycles. The van der Waals surface area contributed by atoms with E-state index in [1.165, 1.54) is 32.1 Å². The number of fused-ring (bicyclic) bond motifs is 1. The molecule has 104 valence electrons. The molecule has 2 saturated carbocycles. The van der Waals surface area contributed by atoms with Crippen LogP contribution in [0, 0.1) is 11.8 Å². The van der Waals surface area contributed by atoms with Crippen LogP contribution in [-0.4, -0.2) is 16.5 Å². The first-order valence-electron chi connectivity index (χ1n) is 7.87. The van der Waals surface area contributed by atoms with Gasteiger partial charge >= 0.3 is 0 Å². The third-order valence-electron chi connectivity index (χ3n) is 4.89. The summed E-state index contributed by atoms with van der Waals surface area (Å²) >= 11 is 0. The van der Waals surface area contributed by atoms with E-state index < -0.39 is 5.60 Å². The number of ketones is 1. The summed E-state index contributed by atoms with van der Waals surface area (Å²) in [4.78, 5) is 12.2. The Balaban J connectivity index is 2.08. The van der Waals surface area contributed by atoms with Crippen molar-refractivity contribution >= 4 is 5.78 Å². The number of hydrogen-bond donors (Lipinski definition) is 1.